The molecule has 174 valence electrons. The third kappa shape index (κ3) is 4.52. The molecule has 8 nitrogen and oxygen atoms in total. The average molecular weight is 538 g/mol. The van der Waals surface area contributed by atoms with Gasteiger partial charge in [-0.2, -0.15) is 0 Å². The van der Waals surface area contributed by atoms with Crippen molar-refractivity contribution in [3.8, 4) is 11.5 Å². The Morgan fingerprint density at radius 3 is 2.09 bits per heavy atom. The third-order valence-electron chi connectivity index (χ3n) is 4.84. The lowest BCUT2D eigenvalue weighted by Gasteiger charge is -2.19. The van der Waals surface area contributed by atoms with Gasteiger partial charge < -0.3 is 14.8 Å². The van der Waals surface area contributed by atoms with Crippen molar-refractivity contribution < 1.29 is 17.9 Å². The lowest BCUT2D eigenvalue weighted by atomic mass is 10.2. The summed E-state index contributed by atoms with van der Waals surface area (Å²) >= 11 is 18.2. The van der Waals surface area contributed by atoms with Crippen molar-refractivity contribution in [2.45, 2.75) is 4.90 Å². The lowest BCUT2D eigenvalue weighted by Crippen LogP contribution is -2.17. The second-order valence-electron chi connectivity index (χ2n) is 7.20. The molecule has 0 saturated heterocycles. The highest BCUT2D eigenvalue weighted by Crippen LogP contribution is 2.37. The molecule has 4 aromatic rings. The molecule has 0 atom stereocenters. The first-order chi connectivity index (χ1) is 16.3. The molecule has 1 aromatic heterocycles. The first kappa shape index (κ1) is 22.8. The van der Waals surface area contributed by atoms with E-state index in [4.69, 9.17) is 44.3 Å². The van der Waals surface area contributed by atoms with Crippen LogP contribution in [0.2, 0.25) is 15.1 Å². The molecule has 5 rings (SSSR count). The van der Waals surface area contributed by atoms with E-state index in [0.717, 1.165) is 0 Å². The number of rotatable bonds is 5. The van der Waals surface area contributed by atoms with Crippen LogP contribution in [0.4, 0.5) is 17.3 Å². The van der Waals surface area contributed by atoms with E-state index in [2.05, 4.69) is 20.0 Å². The SMILES string of the molecule is O=S(=O)(Nc1nc2ccccc2nc1Nc1ccc2c(c1)OCCO2)c1c(Cl)cc(Cl)cc1Cl. The highest BCUT2D eigenvalue weighted by molar-refractivity contribution is 7.93. The first-order valence-corrected chi connectivity index (χ1v) is 12.5. The minimum atomic E-state index is -4.25. The fraction of sp³-hybridized carbons (Fsp3) is 0.0909. The van der Waals surface area contributed by atoms with Crippen LogP contribution in [0, 0.1) is 0 Å². The van der Waals surface area contributed by atoms with E-state index in [1.165, 1.54) is 12.1 Å². The number of para-hydroxylation sites is 2. The number of ether oxygens (including phenoxy) is 2. The van der Waals surface area contributed by atoms with Crippen molar-refractivity contribution >= 4 is 73.2 Å². The molecule has 2 heterocycles. The Morgan fingerprint density at radius 2 is 1.41 bits per heavy atom. The zero-order chi connectivity index (χ0) is 23.9. The van der Waals surface area contributed by atoms with Gasteiger partial charge >= 0.3 is 0 Å². The number of benzene rings is 3. The predicted octanol–water partition coefficient (Wildman–Crippen LogP) is 5.91. The molecule has 3 aromatic carbocycles. The summed E-state index contributed by atoms with van der Waals surface area (Å²) in [5, 5.41) is 3.06. The van der Waals surface area contributed by atoms with E-state index >= 15 is 0 Å². The van der Waals surface area contributed by atoms with E-state index in [-0.39, 0.29) is 31.6 Å². The number of nitrogens with zero attached hydrogens (tertiary/aromatic N) is 2. The van der Waals surface area contributed by atoms with Crippen molar-refractivity contribution in [2.24, 2.45) is 0 Å². The predicted molar refractivity (Wildman–Crippen MR) is 133 cm³/mol. The Hall–Kier alpha value is -2.98. The molecule has 2 N–H and O–H groups in total. The molecule has 0 aliphatic carbocycles. The van der Waals surface area contributed by atoms with Gasteiger partial charge in [-0.25, -0.2) is 18.4 Å². The van der Waals surface area contributed by atoms with Gasteiger partial charge in [0, 0.05) is 16.8 Å². The average Bonchev–Trinajstić information content (AvgIpc) is 2.78. The molecule has 0 radical (unpaired) electrons. The smallest absolute Gasteiger partial charge is 0.266 e. The zero-order valence-electron chi connectivity index (χ0n) is 17.2. The second-order valence-corrected chi connectivity index (χ2v) is 10.1. The van der Waals surface area contributed by atoms with Gasteiger partial charge in [-0.1, -0.05) is 46.9 Å². The second kappa shape index (κ2) is 8.99. The van der Waals surface area contributed by atoms with Crippen molar-refractivity contribution in [3.05, 3.63) is 69.7 Å². The van der Waals surface area contributed by atoms with Crippen LogP contribution in [0.5, 0.6) is 11.5 Å². The normalized spacial score (nSPS) is 13.0. The maximum Gasteiger partial charge on any atom is 0.266 e. The Bertz CT molecular complexity index is 1510. The number of aromatic nitrogens is 2. The summed E-state index contributed by atoms with van der Waals surface area (Å²) in [4.78, 5) is 8.70. The Balaban J connectivity index is 1.57. The lowest BCUT2D eigenvalue weighted by molar-refractivity contribution is 0.171. The molecule has 0 bridgehead atoms. The Kier molecular flexibility index (Phi) is 6.03. The fourth-order valence-electron chi connectivity index (χ4n) is 3.38. The number of nitrogens with one attached hydrogen (secondary N) is 2. The summed E-state index contributed by atoms with van der Waals surface area (Å²) in [5.74, 6) is 1.30. The number of fused-ring (bicyclic) bond motifs is 2. The van der Waals surface area contributed by atoms with Gasteiger partial charge in [0.05, 0.1) is 21.1 Å². The van der Waals surface area contributed by atoms with Gasteiger partial charge in [-0.3, -0.25) is 4.72 Å². The van der Waals surface area contributed by atoms with Crippen molar-refractivity contribution in [3.63, 3.8) is 0 Å². The van der Waals surface area contributed by atoms with Gasteiger partial charge in [0.25, 0.3) is 10.0 Å². The molecule has 1 aliphatic rings. The molecule has 0 spiro atoms. The maximum atomic E-state index is 13.2. The van der Waals surface area contributed by atoms with Crippen LogP contribution in [0.25, 0.3) is 11.0 Å². The summed E-state index contributed by atoms with van der Waals surface area (Å²) in [5.41, 5.74) is 1.64. The van der Waals surface area contributed by atoms with E-state index < -0.39 is 10.0 Å². The molecule has 0 amide bonds. The van der Waals surface area contributed by atoms with Crippen LogP contribution in [-0.2, 0) is 10.0 Å². The van der Waals surface area contributed by atoms with Crippen LogP contribution in [0.3, 0.4) is 0 Å². The van der Waals surface area contributed by atoms with Gasteiger partial charge in [0.15, 0.2) is 23.1 Å². The summed E-state index contributed by atoms with van der Waals surface area (Å²) < 4.78 is 40.1. The molecule has 12 heteroatoms. The molecular weight excluding hydrogens is 523 g/mol. The quantitative estimate of drug-likeness (QED) is 0.326. The van der Waals surface area contributed by atoms with Crippen LogP contribution < -0.4 is 19.5 Å². The first-order valence-electron chi connectivity index (χ1n) is 9.91. The van der Waals surface area contributed by atoms with E-state index in [1.54, 1.807) is 36.4 Å². The van der Waals surface area contributed by atoms with Crippen LogP contribution in [0.15, 0.2) is 59.5 Å². The number of halogens is 3. The van der Waals surface area contributed by atoms with Crippen molar-refractivity contribution in [1.82, 2.24) is 9.97 Å². The topological polar surface area (TPSA) is 102 Å². The zero-order valence-corrected chi connectivity index (χ0v) is 20.3. The van der Waals surface area contributed by atoms with Crippen LogP contribution >= 0.6 is 34.8 Å². The standard InChI is InChI=1S/C22H15Cl3N4O4S/c23-12-9-14(24)20(15(25)10-12)34(30,31)29-22-21(27-16-3-1-2-4-17(16)28-22)26-13-5-6-18-19(11-13)33-8-7-32-18/h1-6,9-11H,7-8H2,(H,26,27)(H,28,29). The maximum absolute atomic E-state index is 13.2. The van der Waals surface area contributed by atoms with E-state index in [0.29, 0.717) is 41.4 Å². The van der Waals surface area contributed by atoms with E-state index in [9.17, 15) is 8.42 Å². The molecular formula is C22H15Cl3N4O4S. The monoisotopic (exact) mass is 536 g/mol. The summed E-state index contributed by atoms with van der Waals surface area (Å²) in [6, 6.07) is 14.9. The third-order valence-corrected chi connectivity index (χ3v) is 7.32. The van der Waals surface area contributed by atoms with Crippen LogP contribution in [0.1, 0.15) is 0 Å². The van der Waals surface area contributed by atoms with Gasteiger partial charge in [-0.15, -0.1) is 0 Å². The molecule has 34 heavy (non-hydrogen) atoms. The van der Waals surface area contributed by atoms with Crippen molar-refractivity contribution in [2.75, 3.05) is 23.3 Å². The van der Waals surface area contributed by atoms with Crippen molar-refractivity contribution in [1.29, 1.82) is 0 Å². The minimum absolute atomic E-state index is 0.0457. The van der Waals surface area contributed by atoms with Crippen LogP contribution in [-0.4, -0.2) is 31.6 Å². The number of anilines is 3. The van der Waals surface area contributed by atoms with Gasteiger partial charge in [0.1, 0.15) is 18.1 Å². The summed E-state index contributed by atoms with van der Waals surface area (Å²) in [6.07, 6.45) is 0. The molecule has 1 aliphatic heterocycles. The fourth-order valence-corrected chi connectivity index (χ4v) is 5.94. The summed E-state index contributed by atoms with van der Waals surface area (Å²) in [6.45, 7) is 0.900. The number of sulfonamides is 1. The highest BCUT2D eigenvalue weighted by Gasteiger charge is 2.25. The van der Waals surface area contributed by atoms with Gasteiger partial charge in [-0.05, 0) is 36.4 Å². The number of hydrogen-bond acceptors (Lipinski definition) is 7. The number of hydrogen-bond donors (Lipinski definition) is 2. The van der Waals surface area contributed by atoms with E-state index in [1.807, 2.05) is 6.07 Å². The minimum Gasteiger partial charge on any atom is -0.486 e. The molecule has 0 fully saturated rings. The Morgan fingerprint density at radius 1 is 0.794 bits per heavy atom. The molecule has 0 unspecified atom stereocenters. The Labute approximate surface area is 209 Å². The highest BCUT2D eigenvalue weighted by atomic mass is 35.5. The van der Waals surface area contributed by atoms with Gasteiger partial charge in [0.2, 0.25) is 0 Å². The summed E-state index contributed by atoms with van der Waals surface area (Å²) in [7, 11) is -4.25. The largest absolute Gasteiger partial charge is 0.486 e. The molecule has 0 saturated carbocycles.